The number of para-hydroxylation sites is 1. The summed E-state index contributed by atoms with van der Waals surface area (Å²) in [6.07, 6.45) is -1.07. The zero-order valence-electron chi connectivity index (χ0n) is 15.4. The summed E-state index contributed by atoms with van der Waals surface area (Å²) in [5.41, 5.74) is 0.629. The van der Waals surface area contributed by atoms with Crippen LogP contribution < -0.4 is 10.2 Å². The fraction of sp³-hybridized carbons (Fsp3) is 0.381. The highest BCUT2D eigenvalue weighted by molar-refractivity contribution is 5.94. The number of benzene rings is 2. The van der Waals surface area contributed by atoms with Crippen molar-refractivity contribution in [3.8, 4) is 5.75 Å². The third kappa shape index (κ3) is 4.97. The molecule has 1 aliphatic heterocycles. The standard InChI is InChI=1S/C21H23F3N2O2/c22-21(23,24)16-9-10-18(26-12-4-1-5-13-26)17(14-16)25-20(28)11-8-15-6-2-3-7-19(15)27/h2-3,6-7,9-10,14,27H,1,4-5,8,11-13H2,(H,25,28). The Morgan fingerprint density at radius 2 is 1.79 bits per heavy atom. The molecule has 2 aromatic rings. The maximum absolute atomic E-state index is 13.1. The number of phenolic OH excluding ortho intramolecular Hbond substituents is 1. The Morgan fingerprint density at radius 3 is 2.46 bits per heavy atom. The number of halogens is 3. The second kappa shape index (κ2) is 8.54. The van der Waals surface area contributed by atoms with Crippen molar-refractivity contribution in [2.45, 2.75) is 38.3 Å². The molecule has 150 valence electrons. The summed E-state index contributed by atoms with van der Waals surface area (Å²) < 4.78 is 39.4. The minimum Gasteiger partial charge on any atom is -0.508 e. The molecule has 0 saturated carbocycles. The smallest absolute Gasteiger partial charge is 0.416 e. The number of alkyl halides is 3. The molecule has 3 rings (SSSR count). The lowest BCUT2D eigenvalue weighted by atomic mass is 10.1. The van der Waals surface area contributed by atoms with Crippen LogP contribution in [0.15, 0.2) is 42.5 Å². The second-order valence-corrected chi connectivity index (χ2v) is 6.95. The monoisotopic (exact) mass is 392 g/mol. The van der Waals surface area contributed by atoms with Gasteiger partial charge < -0.3 is 15.3 Å². The van der Waals surface area contributed by atoms with E-state index in [4.69, 9.17) is 0 Å². The van der Waals surface area contributed by atoms with Gasteiger partial charge in [-0.3, -0.25) is 4.79 Å². The Balaban J connectivity index is 1.77. The van der Waals surface area contributed by atoms with Crippen molar-refractivity contribution in [3.63, 3.8) is 0 Å². The zero-order chi connectivity index (χ0) is 20.1. The van der Waals surface area contributed by atoms with E-state index < -0.39 is 11.7 Å². The van der Waals surface area contributed by atoms with Crippen molar-refractivity contribution >= 4 is 17.3 Å². The number of amides is 1. The van der Waals surface area contributed by atoms with E-state index in [2.05, 4.69) is 5.32 Å². The van der Waals surface area contributed by atoms with Crippen LogP contribution in [0, 0.1) is 0 Å². The fourth-order valence-corrected chi connectivity index (χ4v) is 3.41. The first kappa shape index (κ1) is 20.0. The topological polar surface area (TPSA) is 52.6 Å². The highest BCUT2D eigenvalue weighted by Crippen LogP contribution is 2.36. The van der Waals surface area contributed by atoms with Crippen LogP contribution in [0.25, 0.3) is 0 Å². The van der Waals surface area contributed by atoms with Gasteiger partial charge in [0.05, 0.1) is 16.9 Å². The normalized spacial score (nSPS) is 14.8. The number of aryl methyl sites for hydroxylation is 1. The number of carbonyl (C=O) groups excluding carboxylic acids is 1. The van der Waals surface area contributed by atoms with E-state index in [9.17, 15) is 23.1 Å². The molecule has 0 radical (unpaired) electrons. The van der Waals surface area contributed by atoms with Gasteiger partial charge >= 0.3 is 6.18 Å². The number of hydrogen-bond donors (Lipinski definition) is 2. The maximum atomic E-state index is 13.1. The molecule has 0 bridgehead atoms. The summed E-state index contributed by atoms with van der Waals surface area (Å²) in [6, 6.07) is 10.2. The van der Waals surface area contributed by atoms with E-state index in [0.717, 1.165) is 44.5 Å². The molecule has 28 heavy (non-hydrogen) atoms. The van der Waals surface area contributed by atoms with Crippen molar-refractivity contribution in [1.82, 2.24) is 0 Å². The van der Waals surface area contributed by atoms with E-state index in [1.807, 2.05) is 4.90 Å². The number of nitrogens with one attached hydrogen (secondary N) is 1. The first-order valence-electron chi connectivity index (χ1n) is 9.37. The van der Waals surface area contributed by atoms with E-state index >= 15 is 0 Å². The van der Waals surface area contributed by atoms with Gasteiger partial charge in [0.15, 0.2) is 0 Å². The Labute approximate surface area is 162 Å². The van der Waals surface area contributed by atoms with Gasteiger partial charge in [-0.1, -0.05) is 18.2 Å². The first-order chi connectivity index (χ1) is 13.3. The summed E-state index contributed by atoms with van der Waals surface area (Å²) in [4.78, 5) is 14.4. The lowest BCUT2D eigenvalue weighted by Gasteiger charge is -2.31. The predicted octanol–water partition coefficient (Wildman–Crippen LogP) is 4.97. The molecule has 1 saturated heterocycles. The Bertz CT molecular complexity index is 831. The molecule has 7 heteroatoms. The maximum Gasteiger partial charge on any atom is 0.416 e. The number of anilines is 2. The average molecular weight is 392 g/mol. The molecule has 4 nitrogen and oxygen atoms in total. The van der Waals surface area contributed by atoms with Gasteiger partial charge in [-0.05, 0) is 55.5 Å². The third-order valence-electron chi connectivity index (χ3n) is 4.91. The Morgan fingerprint density at radius 1 is 1.07 bits per heavy atom. The van der Waals surface area contributed by atoms with Crippen LogP contribution in [0.5, 0.6) is 5.75 Å². The van der Waals surface area contributed by atoms with Crippen molar-refractivity contribution in [2.75, 3.05) is 23.3 Å². The van der Waals surface area contributed by atoms with Crippen molar-refractivity contribution in [3.05, 3.63) is 53.6 Å². The van der Waals surface area contributed by atoms with Crippen LogP contribution >= 0.6 is 0 Å². The van der Waals surface area contributed by atoms with E-state index in [-0.39, 0.29) is 23.8 Å². The number of phenols is 1. The summed E-state index contributed by atoms with van der Waals surface area (Å²) in [5, 5.41) is 12.4. The number of nitrogens with zero attached hydrogens (tertiary/aromatic N) is 1. The highest BCUT2D eigenvalue weighted by atomic mass is 19.4. The largest absolute Gasteiger partial charge is 0.508 e. The first-order valence-corrected chi connectivity index (χ1v) is 9.37. The predicted molar refractivity (Wildman–Crippen MR) is 103 cm³/mol. The van der Waals surface area contributed by atoms with Crippen LogP contribution in [0.4, 0.5) is 24.5 Å². The molecular weight excluding hydrogens is 369 g/mol. The molecule has 0 atom stereocenters. The van der Waals surface area contributed by atoms with Gasteiger partial charge in [0.25, 0.3) is 0 Å². The summed E-state index contributed by atoms with van der Waals surface area (Å²) in [5.74, 6) is -0.288. The van der Waals surface area contributed by atoms with Crippen molar-refractivity contribution in [2.24, 2.45) is 0 Å². The molecule has 1 aliphatic rings. The Kier molecular flexibility index (Phi) is 6.11. The minimum absolute atomic E-state index is 0.0628. The number of rotatable bonds is 5. The molecule has 0 aromatic heterocycles. The van der Waals surface area contributed by atoms with Gasteiger partial charge in [-0.2, -0.15) is 13.2 Å². The lowest BCUT2D eigenvalue weighted by Crippen LogP contribution is -2.30. The van der Waals surface area contributed by atoms with E-state index in [0.29, 0.717) is 17.7 Å². The van der Waals surface area contributed by atoms with Gasteiger partial charge in [-0.25, -0.2) is 0 Å². The third-order valence-corrected chi connectivity index (χ3v) is 4.91. The highest BCUT2D eigenvalue weighted by Gasteiger charge is 2.31. The SMILES string of the molecule is O=C(CCc1ccccc1O)Nc1cc(C(F)(F)F)ccc1N1CCCCC1. The molecule has 0 unspecified atom stereocenters. The quantitative estimate of drug-likeness (QED) is 0.755. The fourth-order valence-electron chi connectivity index (χ4n) is 3.41. The number of aromatic hydroxyl groups is 1. The summed E-state index contributed by atoms with van der Waals surface area (Å²) >= 11 is 0. The number of hydrogen-bond acceptors (Lipinski definition) is 3. The zero-order valence-corrected chi connectivity index (χ0v) is 15.4. The lowest BCUT2D eigenvalue weighted by molar-refractivity contribution is -0.137. The van der Waals surface area contributed by atoms with Gasteiger partial charge in [0, 0.05) is 19.5 Å². The van der Waals surface area contributed by atoms with Crippen molar-refractivity contribution < 1.29 is 23.1 Å². The summed E-state index contributed by atoms with van der Waals surface area (Å²) in [6.45, 7) is 1.51. The van der Waals surface area contributed by atoms with Crippen LogP contribution in [0.2, 0.25) is 0 Å². The van der Waals surface area contributed by atoms with Crippen LogP contribution in [-0.4, -0.2) is 24.1 Å². The van der Waals surface area contributed by atoms with E-state index in [1.54, 1.807) is 18.2 Å². The molecule has 2 aromatic carbocycles. The number of piperidine rings is 1. The van der Waals surface area contributed by atoms with E-state index in [1.165, 1.54) is 12.1 Å². The summed E-state index contributed by atoms with van der Waals surface area (Å²) in [7, 11) is 0. The van der Waals surface area contributed by atoms with Crippen molar-refractivity contribution in [1.29, 1.82) is 0 Å². The average Bonchev–Trinajstić information content (AvgIpc) is 2.67. The molecule has 1 fully saturated rings. The Hall–Kier alpha value is -2.70. The van der Waals surface area contributed by atoms with Gasteiger partial charge in [-0.15, -0.1) is 0 Å². The molecule has 1 amide bonds. The van der Waals surface area contributed by atoms with Gasteiger partial charge in [0.2, 0.25) is 5.91 Å². The minimum atomic E-state index is -4.48. The number of carbonyl (C=O) groups is 1. The molecule has 2 N–H and O–H groups in total. The van der Waals surface area contributed by atoms with Crippen LogP contribution in [0.1, 0.15) is 36.8 Å². The molecular formula is C21H23F3N2O2. The van der Waals surface area contributed by atoms with Crippen LogP contribution in [0.3, 0.4) is 0 Å². The molecule has 0 spiro atoms. The van der Waals surface area contributed by atoms with Crippen LogP contribution in [-0.2, 0) is 17.4 Å². The molecule has 1 heterocycles. The second-order valence-electron chi connectivity index (χ2n) is 6.95. The van der Waals surface area contributed by atoms with Gasteiger partial charge in [0.1, 0.15) is 5.75 Å². The molecule has 0 aliphatic carbocycles.